The number of aromatic nitrogens is 2. The third-order valence-electron chi connectivity index (χ3n) is 10.8. The Labute approximate surface area is 192 Å². The first-order valence-corrected chi connectivity index (χ1v) is 13.0. The maximum atomic E-state index is 10.9. The van der Waals surface area contributed by atoms with Crippen LogP contribution < -0.4 is 0 Å². The number of imidazole rings is 1. The van der Waals surface area contributed by atoms with E-state index in [2.05, 4.69) is 48.8 Å². The molecule has 4 saturated carbocycles. The van der Waals surface area contributed by atoms with Gasteiger partial charge in [0.15, 0.2) is 0 Å². The van der Waals surface area contributed by atoms with Gasteiger partial charge < -0.3 is 14.2 Å². The molecule has 4 aliphatic carbocycles. The molecule has 4 nitrogen and oxygen atoms in total. The summed E-state index contributed by atoms with van der Waals surface area (Å²) < 4.78 is 8.12. The van der Waals surface area contributed by atoms with Crippen LogP contribution >= 0.6 is 0 Å². The number of rotatable bonds is 3. The van der Waals surface area contributed by atoms with E-state index in [9.17, 15) is 5.11 Å². The number of hydrogen-bond acceptors (Lipinski definition) is 3. The fourth-order valence-corrected chi connectivity index (χ4v) is 9.39. The van der Waals surface area contributed by atoms with Gasteiger partial charge in [-0.3, -0.25) is 0 Å². The second-order valence-electron chi connectivity index (χ2n) is 12.3. The van der Waals surface area contributed by atoms with Crippen molar-refractivity contribution in [2.24, 2.45) is 34.5 Å². The Hall–Kier alpha value is -1.39. The summed E-state index contributed by atoms with van der Waals surface area (Å²) in [7, 11) is 1.89. The summed E-state index contributed by atoms with van der Waals surface area (Å²) >= 11 is 0. The molecule has 0 saturated heterocycles. The third kappa shape index (κ3) is 2.98. The number of pyridine rings is 1. The van der Waals surface area contributed by atoms with Crippen molar-refractivity contribution in [3.63, 3.8) is 0 Å². The van der Waals surface area contributed by atoms with Crippen LogP contribution in [0.4, 0.5) is 0 Å². The molecule has 32 heavy (non-hydrogen) atoms. The van der Waals surface area contributed by atoms with Gasteiger partial charge in [-0.2, -0.15) is 0 Å². The van der Waals surface area contributed by atoms with Crippen molar-refractivity contribution in [2.45, 2.75) is 83.2 Å². The van der Waals surface area contributed by atoms with E-state index in [4.69, 9.17) is 9.72 Å². The van der Waals surface area contributed by atoms with Gasteiger partial charge in [0, 0.05) is 25.4 Å². The minimum absolute atomic E-state index is 0.280. The van der Waals surface area contributed by atoms with Gasteiger partial charge in [0.1, 0.15) is 5.65 Å². The zero-order chi connectivity index (χ0) is 22.1. The lowest BCUT2D eigenvalue weighted by Crippen LogP contribution is -2.58. The minimum Gasteiger partial charge on any atom is -0.390 e. The van der Waals surface area contributed by atoms with E-state index in [-0.39, 0.29) is 5.41 Å². The molecule has 0 bridgehead atoms. The van der Waals surface area contributed by atoms with Gasteiger partial charge in [-0.15, -0.1) is 0 Å². The van der Waals surface area contributed by atoms with E-state index < -0.39 is 5.60 Å². The molecule has 4 heteroatoms. The predicted octanol–water partition coefficient (Wildman–Crippen LogP) is 5.84. The van der Waals surface area contributed by atoms with Crippen LogP contribution in [-0.2, 0) is 4.74 Å². The Balaban J connectivity index is 1.31. The van der Waals surface area contributed by atoms with Crippen LogP contribution in [0.5, 0.6) is 0 Å². The van der Waals surface area contributed by atoms with Gasteiger partial charge in [-0.05, 0) is 111 Å². The first-order chi connectivity index (χ1) is 15.4. The van der Waals surface area contributed by atoms with Crippen LogP contribution in [0.1, 0.15) is 83.2 Å². The SMILES string of the molecule is COC[C@]12CC[C@@](C)(O)C[C@@H]1CC[C@H]1[C@@H]3CC[C@H](c4cn5ccccc5n4)[C@@]3(C)CC[C@@H]12. The normalized spacial score (nSPS) is 45.9. The largest absolute Gasteiger partial charge is 0.390 e. The molecule has 2 heterocycles. The second-order valence-corrected chi connectivity index (χ2v) is 12.3. The molecule has 4 fully saturated rings. The number of ether oxygens (including phenoxy) is 1. The predicted molar refractivity (Wildman–Crippen MR) is 126 cm³/mol. The van der Waals surface area contributed by atoms with Crippen molar-refractivity contribution >= 4 is 5.65 Å². The van der Waals surface area contributed by atoms with E-state index in [0.29, 0.717) is 17.3 Å². The number of hydrogen-bond donors (Lipinski definition) is 1. The van der Waals surface area contributed by atoms with Gasteiger partial charge >= 0.3 is 0 Å². The monoisotopic (exact) mass is 436 g/mol. The second kappa shape index (κ2) is 7.30. The Morgan fingerprint density at radius 1 is 1.06 bits per heavy atom. The molecular weight excluding hydrogens is 396 g/mol. The summed E-state index contributed by atoms with van der Waals surface area (Å²) in [6.45, 7) is 5.54. The van der Waals surface area contributed by atoms with Crippen LogP contribution in [0.15, 0.2) is 30.6 Å². The standard InChI is InChI=1S/C28H40N2O2/c1-26(31)13-14-28(18-32-3)19(16-26)7-8-20-21-9-10-23(27(21,2)12-11-22(20)28)24-17-30-15-5-4-6-25(30)29-24/h4-6,15,17,19-23,31H,7-14,16,18H2,1-3H3/t19-,20-,21-,22-,23+,26+,27-,28+/m0/s1. The number of nitrogens with zero attached hydrogens (tertiary/aromatic N) is 2. The van der Waals surface area contributed by atoms with Gasteiger partial charge in [-0.1, -0.05) is 13.0 Å². The Morgan fingerprint density at radius 2 is 1.94 bits per heavy atom. The average molecular weight is 437 g/mol. The van der Waals surface area contributed by atoms with Crippen molar-refractivity contribution in [2.75, 3.05) is 13.7 Å². The molecule has 0 aromatic carbocycles. The highest BCUT2D eigenvalue weighted by Gasteiger charge is 2.62. The fraction of sp³-hybridized carbons (Fsp3) is 0.750. The van der Waals surface area contributed by atoms with Crippen LogP contribution in [0, 0.1) is 34.5 Å². The van der Waals surface area contributed by atoms with Crippen LogP contribution in [0.3, 0.4) is 0 Å². The quantitative estimate of drug-likeness (QED) is 0.658. The summed E-state index contributed by atoms with van der Waals surface area (Å²) in [6, 6.07) is 6.31. The molecule has 6 rings (SSSR count). The third-order valence-corrected chi connectivity index (χ3v) is 10.8. The number of fused-ring (bicyclic) bond motifs is 6. The molecule has 2 aromatic rings. The van der Waals surface area contributed by atoms with Crippen LogP contribution in [-0.4, -0.2) is 33.8 Å². The molecular formula is C28H40N2O2. The molecule has 0 radical (unpaired) electrons. The summed E-state index contributed by atoms with van der Waals surface area (Å²) in [5.74, 6) is 3.57. The molecule has 8 atom stereocenters. The summed E-state index contributed by atoms with van der Waals surface area (Å²) in [6.07, 6.45) is 15.3. The van der Waals surface area contributed by atoms with E-state index in [1.807, 2.05) is 7.11 Å². The fourth-order valence-electron chi connectivity index (χ4n) is 9.39. The van der Waals surface area contributed by atoms with Crippen LogP contribution in [0.25, 0.3) is 5.65 Å². The van der Waals surface area contributed by atoms with E-state index in [1.165, 1.54) is 44.2 Å². The Bertz CT molecular complexity index is 965. The molecule has 0 spiro atoms. The van der Waals surface area contributed by atoms with Crippen molar-refractivity contribution in [1.29, 1.82) is 0 Å². The van der Waals surface area contributed by atoms with Gasteiger partial charge in [-0.25, -0.2) is 4.98 Å². The maximum Gasteiger partial charge on any atom is 0.136 e. The molecule has 1 N–H and O–H groups in total. The summed E-state index contributed by atoms with van der Waals surface area (Å²) in [4.78, 5) is 5.07. The highest BCUT2D eigenvalue weighted by molar-refractivity contribution is 5.41. The average Bonchev–Trinajstić information content (AvgIpc) is 3.34. The van der Waals surface area contributed by atoms with Gasteiger partial charge in [0.05, 0.1) is 17.9 Å². The minimum atomic E-state index is -0.487. The molecule has 0 aliphatic heterocycles. The highest BCUT2D eigenvalue weighted by atomic mass is 16.5. The molecule has 0 amide bonds. The Morgan fingerprint density at radius 3 is 2.75 bits per heavy atom. The van der Waals surface area contributed by atoms with E-state index >= 15 is 0 Å². The van der Waals surface area contributed by atoms with Gasteiger partial charge in [0.25, 0.3) is 0 Å². The van der Waals surface area contributed by atoms with Crippen molar-refractivity contribution in [1.82, 2.24) is 9.38 Å². The lowest BCUT2D eigenvalue weighted by atomic mass is 9.43. The lowest BCUT2D eigenvalue weighted by Gasteiger charge is -2.62. The summed E-state index contributed by atoms with van der Waals surface area (Å²) in [5.41, 5.74) is 2.55. The first kappa shape index (κ1) is 21.2. The van der Waals surface area contributed by atoms with Crippen molar-refractivity contribution < 1.29 is 9.84 Å². The Kier molecular flexibility index (Phi) is 4.83. The highest BCUT2D eigenvalue weighted by Crippen LogP contribution is 2.69. The molecule has 4 aliphatic rings. The van der Waals surface area contributed by atoms with Crippen molar-refractivity contribution in [3.8, 4) is 0 Å². The number of methoxy groups -OCH3 is 1. The molecule has 2 aromatic heterocycles. The van der Waals surface area contributed by atoms with Crippen LogP contribution in [0.2, 0.25) is 0 Å². The molecule has 174 valence electrons. The lowest BCUT2D eigenvalue weighted by molar-refractivity contribution is -0.172. The molecule has 0 unspecified atom stereocenters. The van der Waals surface area contributed by atoms with Crippen molar-refractivity contribution in [3.05, 3.63) is 36.3 Å². The maximum absolute atomic E-state index is 10.9. The smallest absolute Gasteiger partial charge is 0.136 e. The topological polar surface area (TPSA) is 46.8 Å². The van der Waals surface area contributed by atoms with E-state index in [1.54, 1.807) is 0 Å². The van der Waals surface area contributed by atoms with Gasteiger partial charge in [0.2, 0.25) is 0 Å². The first-order valence-electron chi connectivity index (χ1n) is 13.0. The van der Waals surface area contributed by atoms with E-state index in [0.717, 1.165) is 49.3 Å². The zero-order valence-electron chi connectivity index (χ0n) is 20.1. The summed E-state index contributed by atoms with van der Waals surface area (Å²) in [5, 5.41) is 10.9. The number of aliphatic hydroxyl groups is 1. The zero-order valence-corrected chi connectivity index (χ0v) is 20.1.